The first-order valence-electron chi connectivity index (χ1n) is 6.57. The van der Waals surface area contributed by atoms with Gasteiger partial charge >= 0.3 is 0 Å². The van der Waals surface area contributed by atoms with Crippen LogP contribution in [0.15, 0.2) is 18.2 Å². The highest BCUT2D eigenvalue weighted by Crippen LogP contribution is 2.18. The summed E-state index contributed by atoms with van der Waals surface area (Å²) in [6.45, 7) is 7.66. The van der Waals surface area contributed by atoms with E-state index >= 15 is 0 Å². The lowest BCUT2D eigenvalue weighted by atomic mass is 10.1. The van der Waals surface area contributed by atoms with Gasteiger partial charge in [0.1, 0.15) is 5.75 Å². The number of hydrogen-bond donors (Lipinski definition) is 2. The Hall–Kier alpha value is -1.55. The van der Waals surface area contributed by atoms with Gasteiger partial charge in [-0.05, 0) is 44.9 Å². The fourth-order valence-corrected chi connectivity index (χ4v) is 1.93. The van der Waals surface area contributed by atoms with E-state index in [4.69, 9.17) is 0 Å². The Kier molecular flexibility index (Phi) is 5.36. The van der Waals surface area contributed by atoms with Crippen molar-refractivity contribution in [2.45, 2.75) is 46.3 Å². The van der Waals surface area contributed by atoms with Crippen molar-refractivity contribution in [1.82, 2.24) is 4.90 Å². The second kappa shape index (κ2) is 6.57. The molecule has 1 rings (SSSR count). The van der Waals surface area contributed by atoms with E-state index in [-0.39, 0.29) is 24.1 Å². The number of phenols is 1. The molecule has 106 valence electrons. The molecule has 0 radical (unpaired) electrons. The molecule has 1 aromatic carbocycles. The van der Waals surface area contributed by atoms with Crippen LogP contribution in [0.25, 0.3) is 0 Å². The van der Waals surface area contributed by atoms with Crippen LogP contribution < -0.4 is 0 Å². The molecule has 4 nitrogen and oxygen atoms in total. The predicted molar refractivity (Wildman–Crippen MR) is 75.1 cm³/mol. The van der Waals surface area contributed by atoms with Crippen LogP contribution in [0.2, 0.25) is 0 Å². The van der Waals surface area contributed by atoms with E-state index in [2.05, 4.69) is 0 Å². The predicted octanol–water partition coefficient (Wildman–Crippen LogP) is 1.86. The summed E-state index contributed by atoms with van der Waals surface area (Å²) in [5.74, 6) is 0.163. The van der Waals surface area contributed by atoms with Crippen molar-refractivity contribution in [3.63, 3.8) is 0 Å². The highest BCUT2D eigenvalue weighted by molar-refractivity contribution is 5.79. The number of aromatic hydroxyl groups is 1. The zero-order valence-electron chi connectivity index (χ0n) is 12.1. The maximum absolute atomic E-state index is 12.2. The number of hydrogen-bond acceptors (Lipinski definition) is 3. The van der Waals surface area contributed by atoms with Crippen molar-refractivity contribution in [3.8, 4) is 5.75 Å². The topological polar surface area (TPSA) is 60.8 Å². The number of carbonyl (C=O) groups excluding carboxylic acids is 1. The van der Waals surface area contributed by atoms with E-state index in [1.54, 1.807) is 24.0 Å². The van der Waals surface area contributed by atoms with Crippen LogP contribution in [-0.4, -0.2) is 39.7 Å². The molecule has 0 bridgehead atoms. The number of rotatable bonds is 5. The first-order valence-corrected chi connectivity index (χ1v) is 6.57. The van der Waals surface area contributed by atoms with Crippen molar-refractivity contribution >= 4 is 5.91 Å². The highest BCUT2D eigenvalue weighted by Gasteiger charge is 2.19. The molecule has 0 saturated carbocycles. The first kappa shape index (κ1) is 15.5. The maximum Gasteiger partial charge on any atom is 0.227 e. The minimum atomic E-state index is -0.544. The van der Waals surface area contributed by atoms with E-state index in [9.17, 15) is 15.0 Å². The fraction of sp³-hybridized carbons (Fsp3) is 0.533. The molecule has 19 heavy (non-hydrogen) atoms. The number of aryl methyl sites for hydroxylation is 1. The molecule has 4 heteroatoms. The van der Waals surface area contributed by atoms with Gasteiger partial charge in [-0.3, -0.25) is 4.79 Å². The molecule has 0 spiro atoms. The van der Waals surface area contributed by atoms with Gasteiger partial charge in [-0.1, -0.05) is 12.1 Å². The fourth-order valence-electron chi connectivity index (χ4n) is 1.93. The molecule has 1 unspecified atom stereocenters. The van der Waals surface area contributed by atoms with E-state index in [0.717, 1.165) is 11.1 Å². The summed E-state index contributed by atoms with van der Waals surface area (Å²) in [6, 6.07) is 5.30. The summed E-state index contributed by atoms with van der Waals surface area (Å²) in [7, 11) is 0. The Morgan fingerprint density at radius 3 is 2.42 bits per heavy atom. The molecule has 0 saturated heterocycles. The van der Waals surface area contributed by atoms with Crippen molar-refractivity contribution in [2.75, 3.05) is 6.54 Å². The van der Waals surface area contributed by atoms with E-state index < -0.39 is 6.10 Å². The molecule has 2 N–H and O–H groups in total. The molecule has 0 aromatic heterocycles. The minimum absolute atomic E-state index is 0.0425. The van der Waals surface area contributed by atoms with E-state index in [1.807, 2.05) is 26.8 Å². The van der Waals surface area contributed by atoms with E-state index in [0.29, 0.717) is 6.54 Å². The molecule has 0 aliphatic heterocycles. The second-order valence-corrected chi connectivity index (χ2v) is 5.29. The van der Waals surface area contributed by atoms with Crippen LogP contribution in [0.5, 0.6) is 5.75 Å². The smallest absolute Gasteiger partial charge is 0.227 e. The van der Waals surface area contributed by atoms with Crippen LogP contribution in [0, 0.1) is 6.92 Å². The second-order valence-electron chi connectivity index (χ2n) is 5.29. The first-order chi connectivity index (χ1) is 8.81. The molecule has 1 amide bonds. The summed E-state index contributed by atoms with van der Waals surface area (Å²) in [5.41, 5.74) is 1.57. The van der Waals surface area contributed by atoms with Gasteiger partial charge in [0.2, 0.25) is 5.91 Å². The molecule has 0 fully saturated rings. The van der Waals surface area contributed by atoms with Gasteiger partial charge in [0.25, 0.3) is 0 Å². The largest absolute Gasteiger partial charge is 0.508 e. The molecular weight excluding hydrogens is 242 g/mol. The number of aliphatic hydroxyl groups is 1. The third-order valence-corrected chi connectivity index (χ3v) is 3.03. The molecule has 1 aromatic rings. The SMILES string of the molecule is Cc1ccc(CC(=O)N(CC(C)O)C(C)C)cc1O. The molecule has 0 aliphatic carbocycles. The Morgan fingerprint density at radius 2 is 1.95 bits per heavy atom. The van der Waals surface area contributed by atoms with Crippen molar-refractivity contribution in [1.29, 1.82) is 0 Å². The molecule has 1 atom stereocenters. The Labute approximate surface area is 114 Å². The van der Waals surface area contributed by atoms with Crippen LogP contribution >= 0.6 is 0 Å². The van der Waals surface area contributed by atoms with Gasteiger partial charge in [0.15, 0.2) is 0 Å². The zero-order chi connectivity index (χ0) is 14.6. The van der Waals surface area contributed by atoms with Crippen molar-refractivity contribution in [3.05, 3.63) is 29.3 Å². The lowest BCUT2D eigenvalue weighted by Gasteiger charge is -2.28. The van der Waals surface area contributed by atoms with Gasteiger partial charge in [0, 0.05) is 12.6 Å². The number of nitrogens with zero attached hydrogens (tertiary/aromatic N) is 1. The average Bonchev–Trinajstić information content (AvgIpc) is 2.30. The van der Waals surface area contributed by atoms with Crippen molar-refractivity contribution < 1.29 is 15.0 Å². The summed E-state index contributed by atoms with van der Waals surface area (Å²) in [4.78, 5) is 13.9. The van der Waals surface area contributed by atoms with Gasteiger partial charge in [-0.25, -0.2) is 0 Å². The van der Waals surface area contributed by atoms with Crippen LogP contribution in [0.4, 0.5) is 0 Å². The Balaban J connectivity index is 2.78. The number of amides is 1. The summed E-state index contributed by atoms with van der Waals surface area (Å²) >= 11 is 0. The maximum atomic E-state index is 12.2. The van der Waals surface area contributed by atoms with E-state index in [1.165, 1.54) is 0 Å². The average molecular weight is 265 g/mol. The molecule has 0 heterocycles. The molecular formula is C15H23NO3. The standard InChI is InChI=1S/C15H23NO3/c1-10(2)16(9-12(4)17)15(19)8-13-6-5-11(3)14(18)7-13/h5-7,10,12,17-18H,8-9H2,1-4H3. The summed E-state index contributed by atoms with van der Waals surface area (Å²) in [6.07, 6.45) is -0.309. The number of carbonyl (C=O) groups is 1. The van der Waals surface area contributed by atoms with Crippen LogP contribution in [0.1, 0.15) is 31.9 Å². The zero-order valence-corrected chi connectivity index (χ0v) is 12.1. The third-order valence-electron chi connectivity index (χ3n) is 3.03. The summed E-state index contributed by atoms with van der Waals surface area (Å²) in [5, 5.41) is 19.1. The van der Waals surface area contributed by atoms with Crippen LogP contribution in [0.3, 0.4) is 0 Å². The normalized spacial score (nSPS) is 12.5. The molecule has 0 aliphatic rings. The monoisotopic (exact) mass is 265 g/mol. The summed E-state index contributed by atoms with van der Waals surface area (Å²) < 4.78 is 0. The van der Waals surface area contributed by atoms with Crippen molar-refractivity contribution in [2.24, 2.45) is 0 Å². The highest BCUT2D eigenvalue weighted by atomic mass is 16.3. The lowest BCUT2D eigenvalue weighted by molar-refractivity contribution is -0.133. The minimum Gasteiger partial charge on any atom is -0.508 e. The van der Waals surface area contributed by atoms with Crippen LogP contribution in [-0.2, 0) is 11.2 Å². The third kappa shape index (κ3) is 4.56. The van der Waals surface area contributed by atoms with Gasteiger partial charge in [-0.2, -0.15) is 0 Å². The Bertz CT molecular complexity index is 441. The number of benzene rings is 1. The quantitative estimate of drug-likeness (QED) is 0.854. The van der Waals surface area contributed by atoms with Gasteiger partial charge in [-0.15, -0.1) is 0 Å². The van der Waals surface area contributed by atoms with Gasteiger partial charge in [0.05, 0.1) is 12.5 Å². The number of phenolic OH excluding ortho intramolecular Hbond substituents is 1. The van der Waals surface area contributed by atoms with Gasteiger partial charge < -0.3 is 15.1 Å². The number of aliphatic hydroxyl groups excluding tert-OH is 1. The Morgan fingerprint density at radius 1 is 1.32 bits per heavy atom. The lowest BCUT2D eigenvalue weighted by Crippen LogP contribution is -2.42.